The first-order valence-corrected chi connectivity index (χ1v) is 4.51. The molecule has 0 aromatic heterocycles. The van der Waals surface area contributed by atoms with E-state index in [9.17, 15) is 0 Å². The number of rotatable bonds is 1. The summed E-state index contributed by atoms with van der Waals surface area (Å²) in [7, 11) is 0. The van der Waals surface area contributed by atoms with E-state index < -0.39 is 6.10 Å². The number of aliphatic hydroxyl groups excluding tert-OH is 1. The number of hydrogen-bond acceptors (Lipinski definition) is 2. The van der Waals surface area contributed by atoms with Gasteiger partial charge >= 0.3 is 0 Å². The quantitative estimate of drug-likeness (QED) is 0.525. The summed E-state index contributed by atoms with van der Waals surface area (Å²) in [6.45, 7) is 1.65. The largest absolute Gasteiger partial charge is 0.381 e. The molecular weight excluding hydrogens is 168 g/mol. The van der Waals surface area contributed by atoms with Gasteiger partial charge in [0.05, 0.1) is 0 Å². The fraction of sp³-hybridized carbons (Fsp3) is 0.200. The van der Waals surface area contributed by atoms with E-state index in [2.05, 4.69) is 11.2 Å². The molecule has 0 aliphatic rings. The van der Waals surface area contributed by atoms with Gasteiger partial charge in [-0.2, -0.15) is 0 Å². The van der Waals surface area contributed by atoms with Crippen molar-refractivity contribution in [3.8, 4) is 11.2 Å². The monoisotopic (exact) mass is 178 g/mol. The normalized spacial score (nSPS) is 11.5. The molecule has 0 bridgehead atoms. The van der Waals surface area contributed by atoms with E-state index in [0.29, 0.717) is 0 Å². The van der Waals surface area contributed by atoms with E-state index in [4.69, 9.17) is 5.11 Å². The van der Waals surface area contributed by atoms with Crippen LogP contribution in [0.1, 0.15) is 6.92 Å². The molecule has 2 heteroatoms. The van der Waals surface area contributed by atoms with Crippen LogP contribution in [0.4, 0.5) is 0 Å². The summed E-state index contributed by atoms with van der Waals surface area (Å²) in [4.78, 5) is 1.10. The van der Waals surface area contributed by atoms with Gasteiger partial charge in [0.15, 0.2) is 0 Å². The number of benzene rings is 1. The average molecular weight is 178 g/mol. The van der Waals surface area contributed by atoms with Crippen LogP contribution < -0.4 is 0 Å². The van der Waals surface area contributed by atoms with Crippen LogP contribution in [0.5, 0.6) is 0 Å². The molecule has 1 rings (SSSR count). The second-order valence-electron chi connectivity index (χ2n) is 2.34. The zero-order valence-electron chi connectivity index (χ0n) is 6.82. The highest BCUT2D eigenvalue weighted by atomic mass is 32.2. The summed E-state index contributed by atoms with van der Waals surface area (Å²) in [5, 5.41) is 11.7. The summed E-state index contributed by atoms with van der Waals surface area (Å²) < 4.78 is 0. The van der Waals surface area contributed by atoms with Crippen molar-refractivity contribution in [2.45, 2.75) is 17.9 Å². The van der Waals surface area contributed by atoms with E-state index >= 15 is 0 Å². The molecule has 0 saturated heterocycles. The first kappa shape index (κ1) is 9.18. The molecule has 1 unspecified atom stereocenters. The summed E-state index contributed by atoms with van der Waals surface area (Å²) >= 11 is 1.43. The highest BCUT2D eigenvalue weighted by Gasteiger charge is 1.87. The lowest BCUT2D eigenvalue weighted by Gasteiger charge is -1.91. The second kappa shape index (κ2) is 4.87. The molecule has 0 fully saturated rings. The zero-order valence-corrected chi connectivity index (χ0v) is 7.64. The molecule has 1 aromatic carbocycles. The maximum Gasteiger partial charge on any atom is 0.112 e. The Bertz CT molecular complexity index is 282. The summed E-state index contributed by atoms with van der Waals surface area (Å²) in [5.74, 6) is 2.66. The van der Waals surface area contributed by atoms with E-state index in [0.717, 1.165) is 4.90 Å². The van der Waals surface area contributed by atoms with Gasteiger partial charge in [0.2, 0.25) is 0 Å². The van der Waals surface area contributed by atoms with Crippen LogP contribution in [0.3, 0.4) is 0 Å². The molecular formula is C10H10OS. The van der Waals surface area contributed by atoms with E-state index in [1.807, 2.05) is 30.3 Å². The van der Waals surface area contributed by atoms with Gasteiger partial charge in [-0.3, -0.25) is 0 Å². The Balaban J connectivity index is 2.51. The lowest BCUT2D eigenvalue weighted by molar-refractivity contribution is 0.253. The molecule has 0 aliphatic carbocycles. The molecule has 0 amide bonds. The molecule has 1 N–H and O–H groups in total. The van der Waals surface area contributed by atoms with Gasteiger partial charge in [-0.25, -0.2) is 0 Å². The van der Waals surface area contributed by atoms with Crippen molar-refractivity contribution in [2.24, 2.45) is 0 Å². The highest BCUT2D eigenvalue weighted by molar-refractivity contribution is 8.03. The van der Waals surface area contributed by atoms with Crippen LogP contribution >= 0.6 is 11.8 Å². The Morgan fingerprint density at radius 3 is 2.58 bits per heavy atom. The predicted octanol–water partition coefficient (Wildman–Crippen LogP) is 2.12. The molecule has 1 aromatic rings. The molecule has 1 nitrogen and oxygen atoms in total. The van der Waals surface area contributed by atoms with Gasteiger partial charge in [0.1, 0.15) is 6.10 Å². The van der Waals surface area contributed by atoms with Crippen molar-refractivity contribution in [3.63, 3.8) is 0 Å². The van der Waals surface area contributed by atoms with Crippen molar-refractivity contribution in [3.05, 3.63) is 30.3 Å². The Hall–Kier alpha value is -0.910. The van der Waals surface area contributed by atoms with Crippen molar-refractivity contribution < 1.29 is 5.11 Å². The van der Waals surface area contributed by atoms with E-state index in [1.165, 1.54) is 11.8 Å². The van der Waals surface area contributed by atoms with E-state index in [1.54, 1.807) is 6.92 Å². The van der Waals surface area contributed by atoms with Crippen molar-refractivity contribution in [2.75, 3.05) is 0 Å². The van der Waals surface area contributed by atoms with Crippen LogP contribution in [-0.2, 0) is 0 Å². The maximum absolute atomic E-state index is 8.84. The van der Waals surface area contributed by atoms with Crippen LogP contribution in [0, 0.1) is 11.2 Å². The second-order valence-corrected chi connectivity index (χ2v) is 3.22. The van der Waals surface area contributed by atoms with Crippen LogP contribution in [0.25, 0.3) is 0 Å². The van der Waals surface area contributed by atoms with Crippen LogP contribution in [0.2, 0.25) is 0 Å². The molecule has 1 atom stereocenters. The third-order valence-corrected chi connectivity index (χ3v) is 1.91. The molecule has 0 heterocycles. The van der Waals surface area contributed by atoms with Gasteiger partial charge in [-0.05, 0) is 36.1 Å². The third-order valence-electron chi connectivity index (χ3n) is 1.18. The lowest BCUT2D eigenvalue weighted by atomic mass is 10.4. The van der Waals surface area contributed by atoms with Gasteiger partial charge in [0, 0.05) is 4.90 Å². The molecule has 0 radical (unpaired) electrons. The predicted molar refractivity (Wildman–Crippen MR) is 51.8 cm³/mol. The lowest BCUT2D eigenvalue weighted by Crippen LogP contribution is -1.91. The fourth-order valence-corrected chi connectivity index (χ4v) is 1.30. The Kier molecular flexibility index (Phi) is 3.72. The minimum absolute atomic E-state index is 0.541. The van der Waals surface area contributed by atoms with Gasteiger partial charge in [-0.15, -0.1) is 0 Å². The smallest absolute Gasteiger partial charge is 0.112 e. The molecule has 12 heavy (non-hydrogen) atoms. The minimum atomic E-state index is -0.541. The third kappa shape index (κ3) is 3.47. The number of thioether (sulfide) groups is 1. The van der Waals surface area contributed by atoms with Crippen molar-refractivity contribution >= 4 is 11.8 Å². The molecule has 0 saturated carbocycles. The van der Waals surface area contributed by atoms with Gasteiger partial charge in [0.25, 0.3) is 0 Å². The van der Waals surface area contributed by atoms with Crippen LogP contribution in [0.15, 0.2) is 35.2 Å². The van der Waals surface area contributed by atoms with Gasteiger partial charge < -0.3 is 5.11 Å². The fourth-order valence-electron chi connectivity index (χ4n) is 0.662. The SMILES string of the molecule is CC(O)C#CSc1ccccc1. The Morgan fingerprint density at radius 1 is 1.33 bits per heavy atom. The zero-order chi connectivity index (χ0) is 8.81. The first-order chi connectivity index (χ1) is 5.79. The summed E-state index contributed by atoms with van der Waals surface area (Å²) in [6, 6.07) is 9.87. The molecule has 0 spiro atoms. The first-order valence-electron chi connectivity index (χ1n) is 3.69. The standard InChI is InChI=1S/C10H10OS/c1-9(11)7-8-12-10-5-3-2-4-6-10/h2-6,9,11H,1H3. The molecule has 62 valence electrons. The average Bonchev–Trinajstić information content (AvgIpc) is 2.05. The number of hydrogen-bond donors (Lipinski definition) is 1. The van der Waals surface area contributed by atoms with Gasteiger partial charge in [-0.1, -0.05) is 24.1 Å². The Labute approximate surface area is 76.8 Å². The Morgan fingerprint density at radius 2 is 2.00 bits per heavy atom. The summed E-state index contributed by atoms with van der Waals surface area (Å²) in [5.41, 5.74) is 0. The van der Waals surface area contributed by atoms with Crippen molar-refractivity contribution in [1.82, 2.24) is 0 Å². The molecule has 0 aliphatic heterocycles. The number of aliphatic hydroxyl groups is 1. The minimum Gasteiger partial charge on any atom is -0.381 e. The van der Waals surface area contributed by atoms with Crippen molar-refractivity contribution in [1.29, 1.82) is 0 Å². The van der Waals surface area contributed by atoms with E-state index in [-0.39, 0.29) is 0 Å². The maximum atomic E-state index is 8.84. The van der Waals surface area contributed by atoms with Crippen LogP contribution in [-0.4, -0.2) is 11.2 Å². The highest BCUT2D eigenvalue weighted by Crippen LogP contribution is 2.14. The summed E-state index contributed by atoms with van der Waals surface area (Å²) in [6.07, 6.45) is -0.541. The topological polar surface area (TPSA) is 20.2 Å².